The lowest BCUT2D eigenvalue weighted by Gasteiger charge is -2.10. The molecular formula is C20H17F3N2O4S. The Morgan fingerprint density at radius 3 is 2.60 bits per heavy atom. The van der Waals surface area contributed by atoms with Crippen molar-refractivity contribution in [3.63, 3.8) is 0 Å². The first kappa shape index (κ1) is 21.6. The summed E-state index contributed by atoms with van der Waals surface area (Å²) < 4.78 is 46.2. The van der Waals surface area contributed by atoms with E-state index in [-0.39, 0.29) is 10.4 Å². The number of halogens is 3. The number of carbonyl (C=O) groups excluding carboxylic acids is 1. The molecule has 0 saturated carbocycles. The van der Waals surface area contributed by atoms with E-state index in [2.05, 4.69) is 4.99 Å². The predicted octanol–water partition coefficient (Wildman–Crippen LogP) is 4.51. The minimum atomic E-state index is -4.60. The van der Waals surface area contributed by atoms with E-state index in [0.717, 1.165) is 29.5 Å². The van der Waals surface area contributed by atoms with Crippen LogP contribution in [0.4, 0.5) is 13.2 Å². The molecule has 1 N–H and O–H groups in total. The fourth-order valence-electron chi connectivity index (χ4n) is 2.82. The first-order chi connectivity index (χ1) is 14.1. The largest absolute Gasteiger partial charge is 0.494 e. The molecule has 3 aromatic rings. The van der Waals surface area contributed by atoms with Gasteiger partial charge in [0, 0.05) is 5.56 Å². The first-order valence-electron chi connectivity index (χ1n) is 8.89. The summed E-state index contributed by atoms with van der Waals surface area (Å²) in [5, 5.41) is 9.46. The first-order valence-corrected chi connectivity index (χ1v) is 9.70. The monoisotopic (exact) mass is 438 g/mol. The second-order valence-electron chi connectivity index (χ2n) is 6.33. The van der Waals surface area contributed by atoms with Gasteiger partial charge in [0.1, 0.15) is 11.8 Å². The van der Waals surface area contributed by atoms with E-state index in [9.17, 15) is 27.9 Å². The van der Waals surface area contributed by atoms with Gasteiger partial charge in [0.15, 0.2) is 4.80 Å². The molecule has 0 aliphatic carbocycles. The lowest BCUT2D eigenvalue weighted by atomic mass is 10.1. The van der Waals surface area contributed by atoms with Crippen molar-refractivity contribution in [2.75, 3.05) is 6.61 Å². The van der Waals surface area contributed by atoms with Crippen LogP contribution in [-0.4, -0.2) is 28.2 Å². The van der Waals surface area contributed by atoms with Gasteiger partial charge in [-0.15, -0.1) is 0 Å². The van der Waals surface area contributed by atoms with Crippen molar-refractivity contribution in [3.05, 3.63) is 58.4 Å². The van der Waals surface area contributed by atoms with Crippen molar-refractivity contribution in [1.29, 1.82) is 0 Å². The zero-order valence-corrected chi connectivity index (χ0v) is 16.8. The van der Waals surface area contributed by atoms with Crippen LogP contribution < -0.4 is 9.54 Å². The van der Waals surface area contributed by atoms with E-state index in [1.165, 1.54) is 17.6 Å². The molecule has 1 aromatic heterocycles. The zero-order chi connectivity index (χ0) is 22.1. The summed E-state index contributed by atoms with van der Waals surface area (Å²) >= 11 is 1.05. The Labute approximate surface area is 172 Å². The van der Waals surface area contributed by atoms with Gasteiger partial charge >= 0.3 is 12.1 Å². The number of rotatable bonds is 5. The summed E-state index contributed by atoms with van der Waals surface area (Å²) in [4.78, 5) is 28.2. The predicted molar refractivity (Wildman–Crippen MR) is 105 cm³/mol. The van der Waals surface area contributed by atoms with Crippen molar-refractivity contribution < 1.29 is 32.6 Å². The third kappa shape index (κ3) is 4.38. The Hall–Kier alpha value is -3.14. The average molecular weight is 438 g/mol. The number of carboxylic acids is 1. The minimum Gasteiger partial charge on any atom is -0.494 e. The molecule has 0 saturated heterocycles. The van der Waals surface area contributed by atoms with Crippen molar-refractivity contribution in [2.45, 2.75) is 26.1 Å². The number of carbonyl (C=O) groups is 2. The molecular weight excluding hydrogens is 421 g/mol. The standard InChI is InChI=1S/C20H17F3N2O4S/c1-3-29-14-7-8-15-16(10-14)30-19(25(15)11(2)18(27)28)24-17(26)12-5-4-6-13(9-12)20(21,22)23/h4-11H,3H2,1-2H3,(H,27,28)/b24-19-. The molecule has 0 radical (unpaired) electrons. The third-order valence-corrected chi connectivity index (χ3v) is 5.31. The Kier molecular flexibility index (Phi) is 5.97. The zero-order valence-electron chi connectivity index (χ0n) is 15.9. The van der Waals surface area contributed by atoms with Crippen LogP contribution in [0.5, 0.6) is 5.75 Å². The SMILES string of the molecule is CCOc1ccc2c(c1)s/c(=N\C(=O)c1cccc(C(F)(F)F)c1)n2C(C)C(=O)O. The molecule has 1 heterocycles. The average Bonchev–Trinajstić information content (AvgIpc) is 3.03. The van der Waals surface area contributed by atoms with Gasteiger partial charge in [-0.05, 0) is 50.2 Å². The van der Waals surface area contributed by atoms with Gasteiger partial charge < -0.3 is 14.4 Å². The van der Waals surface area contributed by atoms with Crippen molar-refractivity contribution in [2.24, 2.45) is 4.99 Å². The summed E-state index contributed by atoms with van der Waals surface area (Å²) in [7, 11) is 0. The number of fused-ring (bicyclic) bond motifs is 1. The highest BCUT2D eigenvalue weighted by molar-refractivity contribution is 7.16. The van der Waals surface area contributed by atoms with Crippen molar-refractivity contribution in [3.8, 4) is 5.75 Å². The molecule has 158 valence electrons. The molecule has 10 heteroatoms. The second kappa shape index (κ2) is 8.31. The molecule has 1 atom stereocenters. The smallest absolute Gasteiger partial charge is 0.416 e. The van der Waals surface area contributed by atoms with E-state index < -0.39 is 29.7 Å². The molecule has 1 amide bonds. The maximum Gasteiger partial charge on any atom is 0.416 e. The summed E-state index contributed by atoms with van der Waals surface area (Å²) in [5.41, 5.74) is -0.686. The summed E-state index contributed by atoms with van der Waals surface area (Å²) in [5.74, 6) is -1.47. The van der Waals surface area contributed by atoms with Crippen LogP contribution in [0.3, 0.4) is 0 Å². The van der Waals surface area contributed by atoms with Gasteiger partial charge in [-0.2, -0.15) is 18.2 Å². The van der Waals surface area contributed by atoms with E-state index in [1.54, 1.807) is 18.2 Å². The van der Waals surface area contributed by atoms with E-state index in [0.29, 0.717) is 22.6 Å². The molecule has 0 fully saturated rings. The highest BCUT2D eigenvalue weighted by atomic mass is 32.1. The summed E-state index contributed by atoms with van der Waals surface area (Å²) in [6.07, 6.45) is -4.60. The molecule has 0 spiro atoms. The number of aromatic nitrogens is 1. The normalized spacial score (nSPS) is 13.4. The summed E-state index contributed by atoms with van der Waals surface area (Å²) in [6.45, 7) is 3.69. The van der Waals surface area contributed by atoms with Crippen LogP contribution in [0.2, 0.25) is 0 Å². The number of hydrogen-bond acceptors (Lipinski definition) is 4. The van der Waals surface area contributed by atoms with Crippen LogP contribution in [0, 0.1) is 0 Å². The molecule has 0 aliphatic heterocycles. The number of ether oxygens (including phenoxy) is 1. The molecule has 0 aliphatic rings. The quantitative estimate of drug-likeness (QED) is 0.636. The third-order valence-electron chi connectivity index (χ3n) is 4.29. The van der Waals surface area contributed by atoms with Gasteiger partial charge in [-0.3, -0.25) is 4.79 Å². The Morgan fingerprint density at radius 2 is 1.97 bits per heavy atom. The molecule has 2 aromatic carbocycles. The number of aliphatic carboxylic acids is 1. The van der Waals surface area contributed by atoms with Crippen LogP contribution >= 0.6 is 11.3 Å². The minimum absolute atomic E-state index is 0.0657. The number of thiazole rings is 1. The molecule has 1 unspecified atom stereocenters. The number of alkyl halides is 3. The van der Waals surface area contributed by atoms with Crippen LogP contribution in [0.1, 0.15) is 35.8 Å². The van der Waals surface area contributed by atoms with Gasteiger partial charge in [-0.1, -0.05) is 17.4 Å². The van der Waals surface area contributed by atoms with E-state index in [4.69, 9.17) is 4.74 Å². The van der Waals surface area contributed by atoms with Gasteiger partial charge in [0.05, 0.1) is 22.4 Å². The van der Waals surface area contributed by atoms with Gasteiger partial charge in [0.25, 0.3) is 5.91 Å². The van der Waals surface area contributed by atoms with Crippen LogP contribution in [0.25, 0.3) is 10.2 Å². The number of hydrogen-bond donors (Lipinski definition) is 1. The topological polar surface area (TPSA) is 80.9 Å². The van der Waals surface area contributed by atoms with Crippen molar-refractivity contribution >= 4 is 33.4 Å². The molecule has 30 heavy (non-hydrogen) atoms. The maximum absolute atomic E-state index is 12.9. The molecule has 0 bridgehead atoms. The number of benzene rings is 2. The Balaban J connectivity index is 2.16. The fourth-order valence-corrected chi connectivity index (χ4v) is 3.95. The Morgan fingerprint density at radius 1 is 1.23 bits per heavy atom. The highest BCUT2D eigenvalue weighted by Gasteiger charge is 2.31. The number of amides is 1. The van der Waals surface area contributed by atoms with E-state index >= 15 is 0 Å². The summed E-state index contributed by atoms with van der Waals surface area (Å²) in [6, 6.07) is 7.90. The second-order valence-corrected chi connectivity index (χ2v) is 7.34. The molecule has 3 rings (SSSR count). The number of carboxylic acid groups (broad SMARTS) is 1. The van der Waals surface area contributed by atoms with Crippen LogP contribution in [0.15, 0.2) is 47.5 Å². The van der Waals surface area contributed by atoms with Gasteiger partial charge in [-0.25, -0.2) is 4.79 Å². The highest BCUT2D eigenvalue weighted by Crippen LogP contribution is 2.30. The fraction of sp³-hybridized carbons (Fsp3) is 0.250. The van der Waals surface area contributed by atoms with E-state index in [1.807, 2.05) is 6.92 Å². The van der Waals surface area contributed by atoms with Crippen molar-refractivity contribution in [1.82, 2.24) is 4.57 Å². The number of nitrogens with zero attached hydrogens (tertiary/aromatic N) is 2. The Bertz CT molecular complexity index is 1180. The van der Waals surface area contributed by atoms with Crippen LogP contribution in [-0.2, 0) is 11.0 Å². The van der Waals surface area contributed by atoms with Gasteiger partial charge in [0.2, 0.25) is 0 Å². The molecule has 6 nitrogen and oxygen atoms in total. The maximum atomic E-state index is 12.9. The lowest BCUT2D eigenvalue weighted by Crippen LogP contribution is -2.25. The lowest BCUT2D eigenvalue weighted by molar-refractivity contribution is -0.140.